The van der Waals surface area contributed by atoms with Gasteiger partial charge in [-0.15, -0.1) is 23.1 Å². The van der Waals surface area contributed by atoms with Crippen molar-refractivity contribution in [2.24, 2.45) is 0 Å². The van der Waals surface area contributed by atoms with E-state index in [0.717, 1.165) is 17.1 Å². The molecule has 0 saturated heterocycles. The molecule has 0 radical (unpaired) electrons. The Kier molecular flexibility index (Phi) is 4.64. The van der Waals surface area contributed by atoms with Gasteiger partial charge in [-0.2, -0.15) is 0 Å². The predicted molar refractivity (Wildman–Crippen MR) is 74.3 cm³/mol. The van der Waals surface area contributed by atoms with Crippen LogP contribution in [0, 0.1) is 10.1 Å². The SMILES string of the molecule is CC(O)c1cc([N+](=O)[O-])c(SC2CCCCC2)s1. The Morgan fingerprint density at radius 3 is 2.72 bits per heavy atom. The quantitative estimate of drug-likeness (QED) is 0.668. The van der Waals surface area contributed by atoms with Crippen LogP contribution >= 0.6 is 23.1 Å². The Morgan fingerprint density at radius 2 is 2.17 bits per heavy atom. The van der Waals surface area contributed by atoms with Crippen LogP contribution in [0.5, 0.6) is 0 Å². The number of aliphatic hydroxyl groups is 1. The van der Waals surface area contributed by atoms with Crippen molar-refractivity contribution in [3.63, 3.8) is 0 Å². The fourth-order valence-corrected chi connectivity index (χ4v) is 4.94. The molecule has 1 fully saturated rings. The van der Waals surface area contributed by atoms with Crippen molar-refractivity contribution >= 4 is 28.8 Å². The number of aliphatic hydroxyl groups excluding tert-OH is 1. The molecule has 100 valence electrons. The molecule has 1 N–H and O–H groups in total. The Morgan fingerprint density at radius 1 is 1.50 bits per heavy atom. The number of thiophene rings is 1. The summed E-state index contributed by atoms with van der Waals surface area (Å²) in [5.41, 5.74) is 0.159. The highest BCUT2D eigenvalue weighted by Gasteiger charge is 2.25. The predicted octanol–water partition coefficient (Wildman–Crippen LogP) is 4.13. The van der Waals surface area contributed by atoms with Gasteiger partial charge in [-0.1, -0.05) is 19.3 Å². The fourth-order valence-electron chi connectivity index (χ4n) is 2.13. The Hall–Kier alpha value is -0.590. The van der Waals surface area contributed by atoms with Gasteiger partial charge in [0, 0.05) is 16.2 Å². The van der Waals surface area contributed by atoms with Crippen LogP contribution in [-0.2, 0) is 0 Å². The lowest BCUT2D eigenvalue weighted by molar-refractivity contribution is -0.387. The van der Waals surface area contributed by atoms with Gasteiger partial charge < -0.3 is 5.11 Å². The second-order valence-corrected chi connectivity index (χ2v) is 7.29. The number of nitro groups is 1. The lowest BCUT2D eigenvalue weighted by atomic mass is 10.0. The van der Waals surface area contributed by atoms with E-state index in [-0.39, 0.29) is 10.6 Å². The largest absolute Gasteiger partial charge is 0.388 e. The highest BCUT2D eigenvalue weighted by Crippen LogP contribution is 2.44. The number of nitrogens with zero attached hydrogens (tertiary/aromatic N) is 1. The molecule has 0 aromatic carbocycles. The molecule has 1 aromatic heterocycles. The lowest BCUT2D eigenvalue weighted by Gasteiger charge is -2.19. The zero-order chi connectivity index (χ0) is 13.1. The van der Waals surface area contributed by atoms with Crippen molar-refractivity contribution in [3.05, 3.63) is 21.1 Å². The van der Waals surface area contributed by atoms with Gasteiger partial charge in [0.05, 0.1) is 11.0 Å². The molecule has 4 nitrogen and oxygen atoms in total. The Labute approximate surface area is 115 Å². The summed E-state index contributed by atoms with van der Waals surface area (Å²) in [5.74, 6) is 0. The molecule has 1 unspecified atom stereocenters. The molecular weight excluding hydrogens is 270 g/mol. The zero-order valence-electron chi connectivity index (χ0n) is 10.3. The van der Waals surface area contributed by atoms with Gasteiger partial charge in [-0.3, -0.25) is 10.1 Å². The molecule has 0 amide bonds. The standard InChI is InChI=1S/C12H17NO3S2/c1-8(14)11-7-10(13(15)16)12(18-11)17-9-5-3-2-4-6-9/h7-9,14H,2-6H2,1H3. The van der Waals surface area contributed by atoms with Crippen LogP contribution in [0.25, 0.3) is 0 Å². The third-order valence-electron chi connectivity index (χ3n) is 3.13. The van der Waals surface area contributed by atoms with Crippen LogP contribution in [0.15, 0.2) is 10.3 Å². The summed E-state index contributed by atoms with van der Waals surface area (Å²) in [7, 11) is 0. The second-order valence-electron chi connectivity index (χ2n) is 4.63. The molecule has 1 aliphatic rings. The topological polar surface area (TPSA) is 63.4 Å². The molecule has 1 saturated carbocycles. The number of thioether (sulfide) groups is 1. The van der Waals surface area contributed by atoms with Crippen molar-refractivity contribution in [2.45, 2.75) is 54.6 Å². The summed E-state index contributed by atoms with van der Waals surface area (Å²) in [5, 5.41) is 21.0. The van der Waals surface area contributed by atoms with E-state index in [4.69, 9.17) is 0 Å². The van der Waals surface area contributed by atoms with Crippen molar-refractivity contribution < 1.29 is 10.0 Å². The molecule has 0 aliphatic heterocycles. The average molecular weight is 287 g/mol. The first kappa shape index (κ1) is 13.8. The minimum atomic E-state index is -0.630. The highest BCUT2D eigenvalue weighted by molar-refractivity contribution is 8.01. The zero-order valence-corrected chi connectivity index (χ0v) is 11.9. The first-order valence-electron chi connectivity index (χ1n) is 6.20. The number of hydrogen-bond acceptors (Lipinski definition) is 5. The maximum Gasteiger partial charge on any atom is 0.294 e. The Bertz CT molecular complexity index is 425. The number of hydrogen-bond donors (Lipinski definition) is 1. The van der Waals surface area contributed by atoms with Gasteiger partial charge in [0.25, 0.3) is 5.69 Å². The van der Waals surface area contributed by atoms with E-state index in [1.165, 1.54) is 36.7 Å². The summed E-state index contributed by atoms with van der Waals surface area (Å²) < 4.78 is 0.753. The van der Waals surface area contributed by atoms with Crippen molar-refractivity contribution in [3.8, 4) is 0 Å². The van der Waals surface area contributed by atoms with Crippen molar-refractivity contribution in [1.82, 2.24) is 0 Å². The van der Waals surface area contributed by atoms with E-state index in [9.17, 15) is 15.2 Å². The third kappa shape index (κ3) is 3.24. The van der Waals surface area contributed by atoms with E-state index in [1.54, 1.807) is 18.7 Å². The van der Waals surface area contributed by atoms with Crippen LogP contribution in [0.1, 0.15) is 50.0 Å². The molecule has 1 atom stereocenters. The van der Waals surface area contributed by atoms with E-state index in [1.807, 2.05) is 0 Å². The van der Waals surface area contributed by atoms with E-state index >= 15 is 0 Å². The monoisotopic (exact) mass is 287 g/mol. The molecule has 6 heteroatoms. The van der Waals surface area contributed by atoms with E-state index < -0.39 is 6.10 Å². The van der Waals surface area contributed by atoms with Gasteiger partial charge in [0.1, 0.15) is 4.21 Å². The third-order valence-corrected chi connectivity index (χ3v) is 5.99. The van der Waals surface area contributed by atoms with Crippen LogP contribution in [0.3, 0.4) is 0 Å². The molecule has 0 bridgehead atoms. The van der Waals surface area contributed by atoms with Crippen LogP contribution in [0.4, 0.5) is 5.69 Å². The van der Waals surface area contributed by atoms with Crippen LogP contribution in [-0.4, -0.2) is 15.3 Å². The summed E-state index contributed by atoms with van der Waals surface area (Å²) in [6.07, 6.45) is 5.38. The first-order valence-corrected chi connectivity index (χ1v) is 7.90. The minimum absolute atomic E-state index is 0.159. The minimum Gasteiger partial charge on any atom is -0.388 e. The molecule has 18 heavy (non-hydrogen) atoms. The lowest BCUT2D eigenvalue weighted by Crippen LogP contribution is -2.07. The molecule has 0 spiro atoms. The van der Waals surface area contributed by atoms with E-state index in [0.29, 0.717) is 10.1 Å². The smallest absolute Gasteiger partial charge is 0.294 e. The second kappa shape index (κ2) is 6.04. The maximum absolute atomic E-state index is 11.0. The van der Waals surface area contributed by atoms with Gasteiger partial charge in [0.2, 0.25) is 0 Å². The molecular formula is C12H17NO3S2. The normalized spacial score (nSPS) is 18.8. The summed E-state index contributed by atoms with van der Waals surface area (Å²) >= 11 is 2.98. The van der Waals surface area contributed by atoms with E-state index in [2.05, 4.69) is 0 Å². The molecule has 1 aromatic rings. The fraction of sp³-hybridized carbons (Fsp3) is 0.667. The summed E-state index contributed by atoms with van der Waals surface area (Å²) in [4.78, 5) is 11.4. The average Bonchev–Trinajstić information content (AvgIpc) is 2.74. The molecule has 1 heterocycles. The summed E-state index contributed by atoms with van der Waals surface area (Å²) in [6.45, 7) is 1.64. The summed E-state index contributed by atoms with van der Waals surface area (Å²) in [6, 6.07) is 1.51. The Balaban J connectivity index is 2.16. The maximum atomic E-state index is 11.0. The van der Waals surface area contributed by atoms with Crippen LogP contribution < -0.4 is 0 Å². The van der Waals surface area contributed by atoms with Crippen LogP contribution in [0.2, 0.25) is 0 Å². The highest BCUT2D eigenvalue weighted by atomic mass is 32.2. The molecule has 1 aliphatic carbocycles. The van der Waals surface area contributed by atoms with Crippen molar-refractivity contribution in [1.29, 1.82) is 0 Å². The van der Waals surface area contributed by atoms with Gasteiger partial charge in [-0.25, -0.2) is 0 Å². The van der Waals surface area contributed by atoms with Gasteiger partial charge in [0.15, 0.2) is 0 Å². The first-order chi connectivity index (χ1) is 8.58. The number of rotatable bonds is 4. The molecule has 2 rings (SSSR count). The van der Waals surface area contributed by atoms with Gasteiger partial charge in [-0.05, 0) is 19.8 Å². The van der Waals surface area contributed by atoms with Crippen molar-refractivity contribution in [2.75, 3.05) is 0 Å². The van der Waals surface area contributed by atoms with Gasteiger partial charge >= 0.3 is 0 Å².